The summed E-state index contributed by atoms with van der Waals surface area (Å²) in [6.07, 6.45) is 0. The third-order valence-corrected chi connectivity index (χ3v) is 6.55. The van der Waals surface area contributed by atoms with Gasteiger partial charge in [-0.15, -0.1) is 0 Å². The zero-order valence-electron chi connectivity index (χ0n) is 18.8. The van der Waals surface area contributed by atoms with Gasteiger partial charge in [-0.3, -0.25) is 9.59 Å². The van der Waals surface area contributed by atoms with E-state index in [4.69, 9.17) is 16.3 Å². The van der Waals surface area contributed by atoms with Crippen LogP contribution in [0, 0.1) is 11.3 Å². The maximum absolute atomic E-state index is 12.6. The number of anilines is 1. The number of benzene rings is 2. The van der Waals surface area contributed by atoms with Crippen molar-refractivity contribution in [3.05, 3.63) is 86.6 Å². The lowest BCUT2D eigenvalue weighted by atomic mass is 9.82. The van der Waals surface area contributed by atoms with E-state index in [1.807, 2.05) is 0 Å². The summed E-state index contributed by atoms with van der Waals surface area (Å²) in [6, 6.07) is 15.8. The van der Waals surface area contributed by atoms with E-state index in [0.717, 1.165) is 11.8 Å². The van der Waals surface area contributed by atoms with Crippen molar-refractivity contribution in [2.75, 3.05) is 18.2 Å². The van der Waals surface area contributed by atoms with Crippen molar-refractivity contribution in [1.82, 2.24) is 5.32 Å². The molecule has 0 spiro atoms. The fourth-order valence-corrected chi connectivity index (χ4v) is 4.69. The number of nitrogens with one attached hydrogen (secondary N) is 2. The van der Waals surface area contributed by atoms with Crippen molar-refractivity contribution < 1.29 is 19.1 Å². The Kier molecular flexibility index (Phi) is 8.16. The molecular formula is C25H22ClN3O4S. The third kappa shape index (κ3) is 5.50. The van der Waals surface area contributed by atoms with Gasteiger partial charge < -0.3 is 15.4 Å². The van der Waals surface area contributed by atoms with Crippen LogP contribution in [-0.4, -0.2) is 30.5 Å². The molecule has 1 amide bonds. The fourth-order valence-electron chi connectivity index (χ4n) is 3.55. The Labute approximate surface area is 206 Å². The van der Waals surface area contributed by atoms with Gasteiger partial charge in [-0.1, -0.05) is 41.6 Å². The number of Topliss-reactive ketones (excluding diaryl/α,β-unsaturated/α-hetero) is 1. The van der Waals surface area contributed by atoms with Crippen LogP contribution in [0.3, 0.4) is 0 Å². The Bertz CT molecular complexity index is 1250. The number of nitriles is 1. The van der Waals surface area contributed by atoms with Gasteiger partial charge in [0.15, 0.2) is 5.78 Å². The number of allylic oxidation sites excluding steroid dienone is 2. The highest BCUT2D eigenvalue weighted by Gasteiger charge is 2.36. The molecule has 7 nitrogen and oxygen atoms in total. The molecule has 2 aromatic carbocycles. The van der Waals surface area contributed by atoms with E-state index >= 15 is 0 Å². The number of hydrogen-bond donors (Lipinski definition) is 2. The number of rotatable bonds is 7. The lowest BCUT2D eigenvalue weighted by Gasteiger charge is -2.29. The van der Waals surface area contributed by atoms with Crippen LogP contribution in [-0.2, 0) is 14.3 Å². The highest BCUT2D eigenvalue weighted by Crippen LogP contribution is 2.43. The van der Waals surface area contributed by atoms with Crippen LogP contribution >= 0.6 is 23.4 Å². The SMILES string of the molecule is COC(=O)C1=C(C)NC(SCC(=O)Nc2ccc(C(C)=O)cc2)=C(C#N)[C@@H]1c1ccccc1Cl. The molecule has 0 bridgehead atoms. The number of ether oxygens (including phenoxy) is 1. The van der Waals surface area contributed by atoms with Crippen molar-refractivity contribution in [3.63, 3.8) is 0 Å². The van der Waals surface area contributed by atoms with Crippen molar-refractivity contribution in [2.45, 2.75) is 19.8 Å². The standard InChI is InChI=1S/C25H22ClN3O4S/c1-14-22(25(32)33-3)23(18-6-4-5-7-20(18)26)19(12-27)24(28-14)34-13-21(31)29-17-10-8-16(9-11-17)15(2)30/h4-11,23,28H,13H2,1-3H3,(H,29,31)/t23-/m0/s1. The topological polar surface area (TPSA) is 108 Å². The monoisotopic (exact) mass is 495 g/mol. The van der Waals surface area contributed by atoms with Crippen molar-refractivity contribution in [3.8, 4) is 6.07 Å². The van der Waals surface area contributed by atoms with Gasteiger partial charge in [-0.05, 0) is 49.7 Å². The number of halogens is 1. The molecule has 0 unspecified atom stereocenters. The zero-order valence-corrected chi connectivity index (χ0v) is 20.3. The van der Waals surface area contributed by atoms with Crippen LogP contribution in [0.25, 0.3) is 0 Å². The van der Waals surface area contributed by atoms with Gasteiger partial charge in [-0.25, -0.2) is 4.79 Å². The third-order valence-electron chi connectivity index (χ3n) is 5.19. The highest BCUT2D eigenvalue weighted by molar-refractivity contribution is 8.03. The lowest BCUT2D eigenvalue weighted by Crippen LogP contribution is -2.29. The maximum atomic E-state index is 12.6. The zero-order chi connectivity index (χ0) is 24.8. The first-order valence-corrected chi connectivity index (χ1v) is 11.6. The number of hydrogen-bond acceptors (Lipinski definition) is 7. The van der Waals surface area contributed by atoms with Gasteiger partial charge in [0.05, 0.1) is 41.0 Å². The molecule has 34 heavy (non-hydrogen) atoms. The average Bonchev–Trinajstić information content (AvgIpc) is 2.82. The van der Waals surface area contributed by atoms with E-state index in [1.54, 1.807) is 55.5 Å². The first-order chi connectivity index (χ1) is 16.3. The summed E-state index contributed by atoms with van der Waals surface area (Å²) in [6.45, 7) is 3.18. The van der Waals surface area contributed by atoms with Gasteiger partial charge in [0.2, 0.25) is 5.91 Å². The number of thioether (sulfide) groups is 1. The minimum atomic E-state index is -0.739. The first-order valence-electron chi connectivity index (χ1n) is 10.2. The Hall–Kier alpha value is -3.54. The van der Waals surface area contributed by atoms with Crippen molar-refractivity contribution in [2.24, 2.45) is 0 Å². The van der Waals surface area contributed by atoms with Crippen LogP contribution in [0.1, 0.15) is 35.7 Å². The summed E-state index contributed by atoms with van der Waals surface area (Å²) in [5.74, 6) is -1.65. The Morgan fingerprint density at radius 2 is 1.85 bits per heavy atom. The van der Waals surface area contributed by atoms with Crippen LogP contribution in [0.5, 0.6) is 0 Å². The predicted octanol–water partition coefficient (Wildman–Crippen LogP) is 4.78. The molecule has 1 atom stereocenters. The van der Waals surface area contributed by atoms with Crippen LogP contribution in [0.2, 0.25) is 5.02 Å². The molecule has 174 valence electrons. The molecule has 0 radical (unpaired) electrons. The maximum Gasteiger partial charge on any atom is 0.336 e. The second-order valence-corrected chi connectivity index (χ2v) is 8.83. The van der Waals surface area contributed by atoms with Gasteiger partial charge in [-0.2, -0.15) is 5.26 Å². The number of carbonyl (C=O) groups excluding carboxylic acids is 3. The molecule has 3 rings (SSSR count). The van der Waals surface area contributed by atoms with E-state index in [2.05, 4.69) is 16.7 Å². The minimum absolute atomic E-state index is 0.0120. The molecule has 9 heteroatoms. The molecule has 1 aliphatic rings. The summed E-state index contributed by atoms with van der Waals surface area (Å²) in [4.78, 5) is 36.5. The van der Waals surface area contributed by atoms with Gasteiger partial charge in [0.25, 0.3) is 0 Å². The minimum Gasteiger partial charge on any atom is -0.466 e. The van der Waals surface area contributed by atoms with E-state index < -0.39 is 11.9 Å². The molecule has 0 aromatic heterocycles. The van der Waals surface area contributed by atoms with Crippen molar-refractivity contribution >= 4 is 46.7 Å². The summed E-state index contributed by atoms with van der Waals surface area (Å²) in [5, 5.41) is 16.7. The molecule has 0 saturated heterocycles. The largest absolute Gasteiger partial charge is 0.466 e. The molecular weight excluding hydrogens is 474 g/mol. The summed E-state index contributed by atoms with van der Waals surface area (Å²) < 4.78 is 4.96. The normalized spacial score (nSPS) is 15.3. The molecule has 1 aliphatic heterocycles. The van der Waals surface area contributed by atoms with E-state index in [-0.39, 0.29) is 28.6 Å². The number of ketones is 1. The molecule has 0 aliphatic carbocycles. The van der Waals surface area contributed by atoms with E-state index in [1.165, 1.54) is 14.0 Å². The molecule has 0 fully saturated rings. The Balaban J connectivity index is 1.86. The number of methoxy groups -OCH3 is 1. The lowest BCUT2D eigenvalue weighted by molar-refractivity contribution is -0.136. The first kappa shape index (κ1) is 25.1. The van der Waals surface area contributed by atoms with Gasteiger partial charge in [0.1, 0.15) is 0 Å². The molecule has 2 aromatic rings. The molecule has 1 heterocycles. The second kappa shape index (κ2) is 11.1. The number of amides is 1. The molecule has 2 N–H and O–H groups in total. The van der Waals surface area contributed by atoms with Crippen molar-refractivity contribution in [1.29, 1.82) is 5.26 Å². The van der Waals surface area contributed by atoms with Gasteiger partial charge in [0, 0.05) is 22.0 Å². The fraction of sp³-hybridized carbons (Fsp3) is 0.200. The summed E-state index contributed by atoms with van der Waals surface area (Å²) in [5.41, 5.74) is 2.76. The predicted molar refractivity (Wildman–Crippen MR) is 132 cm³/mol. The average molecular weight is 496 g/mol. The number of dihydropyridines is 1. The highest BCUT2D eigenvalue weighted by atomic mass is 35.5. The van der Waals surface area contributed by atoms with Crippen LogP contribution < -0.4 is 10.6 Å². The van der Waals surface area contributed by atoms with Crippen LogP contribution in [0.4, 0.5) is 5.69 Å². The summed E-state index contributed by atoms with van der Waals surface area (Å²) in [7, 11) is 1.28. The summed E-state index contributed by atoms with van der Waals surface area (Å²) >= 11 is 7.56. The van der Waals surface area contributed by atoms with E-state index in [9.17, 15) is 19.6 Å². The number of carbonyl (C=O) groups is 3. The number of nitrogens with zero attached hydrogens (tertiary/aromatic N) is 1. The Morgan fingerprint density at radius 1 is 1.18 bits per heavy atom. The smallest absolute Gasteiger partial charge is 0.336 e. The van der Waals surface area contributed by atoms with E-state index in [0.29, 0.717) is 32.6 Å². The molecule has 0 saturated carbocycles. The van der Waals surface area contributed by atoms with Gasteiger partial charge >= 0.3 is 5.97 Å². The second-order valence-electron chi connectivity index (χ2n) is 7.43. The number of esters is 1. The quantitative estimate of drug-likeness (QED) is 0.420. The van der Waals surface area contributed by atoms with Crippen LogP contribution in [0.15, 0.2) is 70.4 Å². The Morgan fingerprint density at radius 3 is 2.44 bits per heavy atom.